The second kappa shape index (κ2) is 9.43. The number of carbonyl (C=O) groups excluding carboxylic acids is 3. The highest BCUT2D eigenvalue weighted by Gasteiger charge is 2.46. The van der Waals surface area contributed by atoms with Gasteiger partial charge in [0, 0.05) is 17.4 Å². The first-order chi connectivity index (χ1) is 16.2. The van der Waals surface area contributed by atoms with Crippen LogP contribution in [0.5, 0.6) is 5.75 Å². The zero-order valence-electron chi connectivity index (χ0n) is 17.9. The van der Waals surface area contributed by atoms with Gasteiger partial charge in [0.15, 0.2) is 5.13 Å². The van der Waals surface area contributed by atoms with Crippen LogP contribution in [0.25, 0.3) is 11.3 Å². The molecule has 1 atom stereocenters. The maximum Gasteiger partial charge on any atom is 0.500 e. The molecule has 0 fully saturated rings. The average Bonchev–Trinajstić information content (AvgIpc) is 3.25. The Morgan fingerprint density at radius 1 is 1.38 bits per heavy atom. The van der Waals surface area contributed by atoms with Crippen LogP contribution in [0.15, 0.2) is 47.4 Å². The number of allylic oxidation sites excluding steroid dienone is 3. The van der Waals surface area contributed by atoms with Crippen molar-refractivity contribution in [1.29, 1.82) is 0 Å². The molecule has 1 aromatic carbocycles. The normalized spacial score (nSPS) is 17.8. The largest absolute Gasteiger partial charge is 0.500 e. The number of ether oxygens (including phenoxy) is 1. The smallest absolute Gasteiger partial charge is 0.433 e. The molecule has 2 aliphatic rings. The molecule has 2 aromatic rings. The molecule has 0 radical (unpaired) electrons. The summed E-state index contributed by atoms with van der Waals surface area (Å²) in [7, 11) is 2.99. The lowest BCUT2D eigenvalue weighted by Gasteiger charge is -2.27. The molecule has 1 N–H and O–H groups in total. The predicted octanol–water partition coefficient (Wildman–Crippen LogP) is 4.18. The number of alkyl halides is 2. The molecule has 1 unspecified atom stereocenters. The number of fused-ring (bicyclic) bond motifs is 1. The van der Waals surface area contributed by atoms with Crippen LogP contribution >= 0.6 is 22.9 Å². The number of rotatable bonds is 6. The minimum Gasteiger partial charge on any atom is -0.433 e. The third-order valence-electron chi connectivity index (χ3n) is 5.34. The van der Waals surface area contributed by atoms with Crippen molar-refractivity contribution in [2.24, 2.45) is 5.92 Å². The molecular weight excluding hydrogens is 490 g/mol. The Bertz CT molecular complexity index is 1290. The third-order valence-corrected chi connectivity index (χ3v) is 6.39. The molecular formula is C22H18ClF2N4O4S+. The van der Waals surface area contributed by atoms with Gasteiger partial charge < -0.3 is 10.1 Å². The van der Waals surface area contributed by atoms with E-state index in [2.05, 4.69) is 15.0 Å². The van der Waals surface area contributed by atoms with Crippen LogP contribution in [0.2, 0.25) is 5.02 Å². The highest BCUT2D eigenvalue weighted by atomic mass is 35.5. The van der Waals surface area contributed by atoms with Crippen LogP contribution in [0.3, 0.4) is 0 Å². The molecule has 0 spiro atoms. The van der Waals surface area contributed by atoms with Gasteiger partial charge in [0.25, 0.3) is 0 Å². The minimum absolute atomic E-state index is 0.00583. The number of hydrogen-bond donors (Lipinski definition) is 1. The Morgan fingerprint density at radius 3 is 2.85 bits per heavy atom. The number of hydrogen-bond acceptors (Lipinski definition) is 6. The van der Waals surface area contributed by atoms with Gasteiger partial charge in [-0.2, -0.15) is 23.1 Å². The molecule has 8 nitrogen and oxygen atoms in total. The molecule has 0 saturated heterocycles. The van der Waals surface area contributed by atoms with Gasteiger partial charge in [-0.3, -0.25) is 4.79 Å². The maximum atomic E-state index is 12.7. The number of aromatic nitrogens is 1. The van der Waals surface area contributed by atoms with Crippen molar-refractivity contribution in [1.82, 2.24) is 9.88 Å². The highest BCUT2D eigenvalue weighted by Crippen LogP contribution is 2.33. The van der Waals surface area contributed by atoms with Crippen LogP contribution in [0.4, 0.5) is 18.7 Å². The third kappa shape index (κ3) is 4.62. The minimum atomic E-state index is -2.99. The number of thiazole rings is 1. The first kappa shape index (κ1) is 23.7. The lowest BCUT2D eigenvalue weighted by molar-refractivity contribution is -0.405. The predicted molar refractivity (Wildman–Crippen MR) is 123 cm³/mol. The first-order valence-corrected chi connectivity index (χ1v) is 11.2. The monoisotopic (exact) mass is 507 g/mol. The Labute approximate surface area is 201 Å². The number of benzene rings is 1. The van der Waals surface area contributed by atoms with Crippen molar-refractivity contribution in [3.63, 3.8) is 0 Å². The molecule has 4 rings (SSSR count). The molecule has 1 aromatic heterocycles. The molecule has 1 aliphatic carbocycles. The van der Waals surface area contributed by atoms with Crippen LogP contribution in [0.1, 0.15) is 6.42 Å². The SMILES string of the molecule is CN1C(=O)C2C(CC(=O)Nc3nc(-c4ccc(OC(F)F)c(Cl)c4)cs3)=CC=CC2=[N+](C)C1=O. The van der Waals surface area contributed by atoms with E-state index in [1.165, 1.54) is 41.2 Å². The number of anilines is 1. The Balaban J connectivity index is 1.46. The summed E-state index contributed by atoms with van der Waals surface area (Å²) in [5, 5.41) is 4.71. The van der Waals surface area contributed by atoms with Gasteiger partial charge in [-0.15, -0.1) is 11.3 Å². The van der Waals surface area contributed by atoms with E-state index >= 15 is 0 Å². The van der Waals surface area contributed by atoms with E-state index in [9.17, 15) is 23.2 Å². The van der Waals surface area contributed by atoms with Crippen LogP contribution in [-0.4, -0.2) is 58.7 Å². The quantitative estimate of drug-likeness (QED) is 0.592. The van der Waals surface area contributed by atoms with Crippen molar-refractivity contribution in [2.75, 3.05) is 19.4 Å². The summed E-state index contributed by atoms with van der Waals surface area (Å²) in [6, 6.07) is 3.86. The number of nitrogens with zero attached hydrogens (tertiary/aromatic N) is 3. The van der Waals surface area contributed by atoms with E-state index in [0.29, 0.717) is 27.7 Å². The van der Waals surface area contributed by atoms with Gasteiger partial charge in [-0.05, 0) is 29.8 Å². The second-order valence-electron chi connectivity index (χ2n) is 7.48. The summed E-state index contributed by atoms with van der Waals surface area (Å²) in [6.07, 6.45) is 5.01. The first-order valence-electron chi connectivity index (χ1n) is 9.95. The fourth-order valence-electron chi connectivity index (χ4n) is 3.69. The molecule has 0 bridgehead atoms. The summed E-state index contributed by atoms with van der Waals surface area (Å²) in [4.78, 5) is 43.0. The Hall–Kier alpha value is -3.44. The van der Waals surface area contributed by atoms with E-state index in [4.69, 9.17) is 11.6 Å². The van der Waals surface area contributed by atoms with Crippen molar-refractivity contribution in [3.8, 4) is 17.0 Å². The number of urea groups is 1. The highest BCUT2D eigenvalue weighted by molar-refractivity contribution is 7.14. The zero-order valence-corrected chi connectivity index (χ0v) is 19.5. The van der Waals surface area contributed by atoms with Crippen LogP contribution in [-0.2, 0) is 9.59 Å². The zero-order chi connectivity index (χ0) is 24.6. The molecule has 1 aliphatic heterocycles. The fourth-order valence-corrected chi connectivity index (χ4v) is 4.65. The summed E-state index contributed by atoms with van der Waals surface area (Å²) in [5.41, 5.74) is 2.13. The van der Waals surface area contributed by atoms with E-state index in [1.54, 1.807) is 30.7 Å². The lowest BCUT2D eigenvalue weighted by Crippen LogP contribution is -2.52. The van der Waals surface area contributed by atoms with E-state index < -0.39 is 24.5 Å². The van der Waals surface area contributed by atoms with Crippen LogP contribution in [0, 0.1) is 5.92 Å². The Morgan fingerprint density at radius 2 is 2.15 bits per heavy atom. The van der Waals surface area contributed by atoms with Gasteiger partial charge in [0.1, 0.15) is 17.4 Å². The maximum absolute atomic E-state index is 12.7. The van der Waals surface area contributed by atoms with E-state index in [0.717, 1.165) is 4.90 Å². The fraction of sp³-hybridized carbons (Fsp3) is 0.227. The number of imide groups is 1. The van der Waals surface area contributed by atoms with Gasteiger partial charge in [-0.1, -0.05) is 23.8 Å². The summed E-state index contributed by atoms with van der Waals surface area (Å²) >= 11 is 7.17. The second-order valence-corrected chi connectivity index (χ2v) is 8.75. The number of carbonyl (C=O) groups is 3. The number of amides is 4. The summed E-state index contributed by atoms with van der Waals surface area (Å²) < 4.78 is 30.5. The molecule has 2 heterocycles. The average molecular weight is 508 g/mol. The van der Waals surface area contributed by atoms with Crippen molar-refractivity contribution in [2.45, 2.75) is 13.0 Å². The molecule has 176 valence electrons. The molecule has 34 heavy (non-hydrogen) atoms. The van der Waals surface area contributed by atoms with E-state index in [-0.39, 0.29) is 23.1 Å². The van der Waals surface area contributed by atoms with Crippen molar-refractivity contribution < 1.29 is 32.5 Å². The van der Waals surface area contributed by atoms with Gasteiger partial charge in [-0.25, -0.2) is 9.78 Å². The number of nitrogens with one attached hydrogen (secondary N) is 1. The topological polar surface area (TPSA) is 91.6 Å². The summed E-state index contributed by atoms with van der Waals surface area (Å²) in [6.45, 7) is -2.99. The van der Waals surface area contributed by atoms with Crippen molar-refractivity contribution >= 4 is 51.6 Å². The van der Waals surface area contributed by atoms with Gasteiger partial charge in [0.2, 0.25) is 5.91 Å². The molecule has 12 heteroatoms. The number of halogens is 3. The molecule has 0 saturated carbocycles. The van der Waals surface area contributed by atoms with Crippen molar-refractivity contribution in [3.05, 3.63) is 52.4 Å². The standard InChI is InChI=1S/C22H17ClF2N4O4S/c1-28-15-5-3-4-12(18(15)19(31)29(2)22(28)32)9-17(30)27-21-26-14(10-34-21)11-6-7-16(13(23)8-11)33-20(24)25/h3-8,10,18,20H,9H2,1-2H3/p+1. The van der Waals surface area contributed by atoms with Crippen LogP contribution < -0.4 is 10.1 Å². The Kier molecular flexibility index (Phi) is 6.58. The van der Waals surface area contributed by atoms with E-state index in [1.807, 2.05) is 0 Å². The lowest BCUT2D eigenvalue weighted by atomic mass is 9.85. The molecule has 4 amide bonds. The van der Waals surface area contributed by atoms with Gasteiger partial charge >= 0.3 is 18.5 Å². The summed E-state index contributed by atoms with van der Waals surface area (Å²) in [5.74, 6) is -1.64. The van der Waals surface area contributed by atoms with Gasteiger partial charge in [0.05, 0.1) is 24.8 Å².